The van der Waals surface area contributed by atoms with Crippen molar-refractivity contribution in [2.75, 3.05) is 6.61 Å². The summed E-state index contributed by atoms with van der Waals surface area (Å²) >= 11 is 0. The van der Waals surface area contributed by atoms with Crippen molar-refractivity contribution in [2.45, 2.75) is 64.6 Å². The number of rotatable bonds is 3. The minimum absolute atomic E-state index is 0.146. The van der Waals surface area contributed by atoms with Gasteiger partial charge >= 0.3 is 5.97 Å². The summed E-state index contributed by atoms with van der Waals surface area (Å²) in [5, 5.41) is 9.64. The van der Waals surface area contributed by atoms with Crippen molar-refractivity contribution in [1.82, 2.24) is 4.90 Å². The minimum atomic E-state index is -1.15. The van der Waals surface area contributed by atoms with Gasteiger partial charge in [-0.05, 0) is 27.7 Å². The van der Waals surface area contributed by atoms with Crippen LogP contribution in [-0.4, -0.2) is 45.7 Å². The third-order valence-electron chi connectivity index (χ3n) is 3.44. The fourth-order valence-corrected chi connectivity index (χ4v) is 2.99. The van der Waals surface area contributed by atoms with E-state index in [-0.39, 0.29) is 11.9 Å². The van der Waals surface area contributed by atoms with Gasteiger partial charge in [0.25, 0.3) is 0 Å². The van der Waals surface area contributed by atoms with Crippen LogP contribution < -0.4 is 0 Å². The highest BCUT2D eigenvalue weighted by Crippen LogP contribution is 2.38. The Bertz CT molecular complexity index is 351. The number of carboxylic acids is 1. The number of aliphatic carboxylic acids is 1. The lowest BCUT2D eigenvalue weighted by molar-refractivity contribution is -0.180. The van der Waals surface area contributed by atoms with E-state index in [2.05, 4.69) is 0 Å². The summed E-state index contributed by atoms with van der Waals surface area (Å²) in [6, 6.07) is -0.146. The third-order valence-corrected chi connectivity index (χ3v) is 3.44. The summed E-state index contributed by atoms with van der Waals surface area (Å²) in [4.78, 5) is 25.1. The predicted octanol–water partition coefficient (Wildman–Crippen LogP) is 1.66. The Balaban J connectivity index is 3.21. The maximum atomic E-state index is 11.8. The Morgan fingerprint density at radius 2 is 1.89 bits per heavy atom. The molecule has 1 fully saturated rings. The molecule has 1 aliphatic heterocycles. The second-order valence-electron chi connectivity index (χ2n) is 5.85. The molecule has 1 rings (SSSR count). The van der Waals surface area contributed by atoms with Crippen LogP contribution in [-0.2, 0) is 14.3 Å². The fourth-order valence-electron chi connectivity index (χ4n) is 2.99. The van der Waals surface area contributed by atoms with E-state index in [1.54, 1.807) is 0 Å². The normalized spacial score (nSPS) is 27.0. The first kappa shape index (κ1) is 15.0. The van der Waals surface area contributed by atoms with Gasteiger partial charge < -0.3 is 14.7 Å². The maximum absolute atomic E-state index is 11.8. The Kier molecular flexibility index (Phi) is 4.05. The average molecular weight is 257 g/mol. The molecule has 0 spiro atoms. The summed E-state index contributed by atoms with van der Waals surface area (Å²) in [5.41, 5.74) is -1.68. The zero-order valence-electron chi connectivity index (χ0n) is 11.8. The first-order valence-electron chi connectivity index (χ1n) is 6.30. The molecule has 18 heavy (non-hydrogen) atoms. The molecule has 1 atom stereocenters. The standard InChI is InChI=1S/C13H23NO4/c1-9(2)14(10(3)15)13(11(16)17)6-7-18-12(4,5)8-13/h9H,6-8H2,1-5H3,(H,16,17). The van der Waals surface area contributed by atoms with E-state index < -0.39 is 17.1 Å². The van der Waals surface area contributed by atoms with Crippen LogP contribution in [0.5, 0.6) is 0 Å². The molecule has 1 heterocycles. The molecule has 0 aromatic heterocycles. The van der Waals surface area contributed by atoms with E-state index >= 15 is 0 Å². The average Bonchev–Trinajstić information content (AvgIpc) is 2.13. The molecule has 1 unspecified atom stereocenters. The molecule has 1 saturated heterocycles. The number of carboxylic acid groups (broad SMARTS) is 1. The van der Waals surface area contributed by atoms with Crippen molar-refractivity contribution in [3.8, 4) is 0 Å². The summed E-state index contributed by atoms with van der Waals surface area (Å²) in [6.45, 7) is 9.19. The first-order chi connectivity index (χ1) is 8.12. The Hall–Kier alpha value is -1.10. The van der Waals surface area contributed by atoms with Crippen LogP contribution in [0.1, 0.15) is 47.5 Å². The lowest BCUT2D eigenvalue weighted by atomic mass is 9.79. The Labute approximate surface area is 108 Å². The highest BCUT2D eigenvalue weighted by Gasteiger charge is 2.52. The van der Waals surface area contributed by atoms with E-state index in [0.717, 1.165) is 0 Å². The number of carbonyl (C=O) groups is 2. The molecule has 0 aromatic rings. The van der Waals surface area contributed by atoms with Crippen LogP contribution in [0.4, 0.5) is 0 Å². The van der Waals surface area contributed by atoms with Crippen LogP contribution in [0.2, 0.25) is 0 Å². The summed E-state index contributed by atoms with van der Waals surface area (Å²) in [6.07, 6.45) is 0.649. The fraction of sp³-hybridized carbons (Fsp3) is 0.846. The SMILES string of the molecule is CC(=O)N(C(C)C)C1(C(=O)O)CCOC(C)(C)C1. The second-order valence-corrected chi connectivity index (χ2v) is 5.85. The van der Waals surface area contributed by atoms with Crippen LogP contribution in [0.3, 0.4) is 0 Å². The minimum Gasteiger partial charge on any atom is -0.479 e. The van der Waals surface area contributed by atoms with Gasteiger partial charge in [-0.2, -0.15) is 0 Å². The lowest BCUT2D eigenvalue weighted by Gasteiger charge is -2.49. The number of amides is 1. The molecular formula is C13H23NO4. The molecule has 0 aromatic carbocycles. The van der Waals surface area contributed by atoms with Crippen molar-refractivity contribution in [1.29, 1.82) is 0 Å². The zero-order chi connectivity index (χ0) is 14.1. The molecule has 5 nitrogen and oxygen atoms in total. The van der Waals surface area contributed by atoms with Crippen LogP contribution in [0, 0.1) is 0 Å². The summed E-state index contributed by atoms with van der Waals surface area (Å²) in [5.74, 6) is -1.15. The van der Waals surface area contributed by atoms with Gasteiger partial charge in [0.1, 0.15) is 5.54 Å². The van der Waals surface area contributed by atoms with Gasteiger partial charge in [0.05, 0.1) is 12.2 Å². The Morgan fingerprint density at radius 3 is 2.22 bits per heavy atom. The van der Waals surface area contributed by atoms with Gasteiger partial charge in [0.2, 0.25) is 5.91 Å². The highest BCUT2D eigenvalue weighted by molar-refractivity contribution is 5.86. The van der Waals surface area contributed by atoms with Gasteiger partial charge in [-0.25, -0.2) is 4.79 Å². The van der Waals surface area contributed by atoms with Crippen molar-refractivity contribution < 1.29 is 19.4 Å². The molecule has 1 N–H and O–H groups in total. The zero-order valence-corrected chi connectivity index (χ0v) is 11.8. The monoisotopic (exact) mass is 257 g/mol. The summed E-state index contributed by atoms with van der Waals surface area (Å²) in [7, 11) is 0. The Morgan fingerprint density at radius 1 is 1.33 bits per heavy atom. The topological polar surface area (TPSA) is 66.8 Å². The van der Waals surface area contributed by atoms with Gasteiger partial charge in [0.15, 0.2) is 0 Å². The van der Waals surface area contributed by atoms with Crippen molar-refractivity contribution >= 4 is 11.9 Å². The summed E-state index contributed by atoms with van der Waals surface area (Å²) < 4.78 is 5.58. The smallest absolute Gasteiger partial charge is 0.329 e. The van der Waals surface area contributed by atoms with Crippen molar-refractivity contribution in [3.63, 3.8) is 0 Å². The van der Waals surface area contributed by atoms with E-state index in [9.17, 15) is 14.7 Å². The van der Waals surface area contributed by atoms with E-state index in [0.29, 0.717) is 19.4 Å². The number of hydrogen-bond acceptors (Lipinski definition) is 3. The van der Waals surface area contributed by atoms with E-state index in [1.807, 2.05) is 27.7 Å². The quantitative estimate of drug-likeness (QED) is 0.835. The van der Waals surface area contributed by atoms with Crippen molar-refractivity contribution in [2.24, 2.45) is 0 Å². The molecule has 104 valence electrons. The molecule has 0 bridgehead atoms. The maximum Gasteiger partial charge on any atom is 0.329 e. The van der Waals surface area contributed by atoms with E-state index in [4.69, 9.17) is 4.74 Å². The number of nitrogens with zero attached hydrogens (tertiary/aromatic N) is 1. The molecule has 0 aliphatic carbocycles. The largest absolute Gasteiger partial charge is 0.479 e. The van der Waals surface area contributed by atoms with Gasteiger partial charge in [-0.15, -0.1) is 0 Å². The molecule has 5 heteroatoms. The van der Waals surface area contributed by atoms with Crippen LogP contribution in [0.15, 0.2) is 0 Å². The lowest BCUT2D eigenvalue weighted by Crippen LogP contribution is -2.64. The van der Waals surface area contributed by atoms with E-state index in [1.165, 1.54) is 11.8 Å². The second kappa shape index (κ2) is 4.88. The molecule has 1 aliphatic rings. The van der Waals surface area contributed by atoms with Gasteiger partial charge in [-0.1, -0.05) is 0 Å². The molecular weight excluding hydrogens is 234 g/mol. The van der Waals surface area contributed by atoms with Gasteiger partial charge in [-0.3, -0.25) is 4.79 Å². The number of hydrogen-bond donors (Lipinski definition) is 1. The van der Waals surface area contributed by atoms with Gasteiger partial charge in [0, 0.05) is 25.8 Å². The van der Waals surface area contributed by atoms with Crippen LogP contribution in [0.25, 0.3) is 0 Å². The highest BCUT2D eigenvalue weighted by atomic mass is 16.5. The van der Waals surface area contributed by atoms with Crippen molar-refractivity contribution in [3.05, 3.63) is 0 Å². The number of carbonyl (C=O) groups excluding carboxylic acids is 1. The predicted molar refractivity (Wildman–Crippen MR) is 67.3 cm³/mol. The third kappa shape index (κ3) is 2.66. The molecule has 1 amide bonds. The van der Waals surface area contributed by atoms with Crippen LogP contribution >= 0.6 is 0 Å². The first-order valence-corrected chi connectivity index (χ1v) is 6.30. The molecule has 0 saturated carbocycles. The molecule has 0 radical (unpaired) electrons. The number of ether oxygens (including phenoxy) is 1.